The molecule has 1 heterocycles. The molecule has 0 bridgehead atoms. The zero-order chi connectivity index (χ0) is 17.0. The fourth-order valence-corrected chi connectivity index (χ4v) is 3.99. The van der Waals surface area contributed by atoms with Crippen LogP contribution in [-0.4, -0.2) is 36.0 Å². The molecule has 0 amide bonds. The van der Waals surface area contributed by atoms with Gasteiger partial charge in [0.2, 0.25) is 15.9 Å². The molecule has 0 unspecified atom stereocenters. The van der Waals surface area contributed by atoms with Gasteiger partial charge in [0.05, 0.1) is 11.4 Å². The second-order valence-corrected chi connectivity index (χ2v) is 7.06. The van der Waals surface area contributed by atoms with Crippen molar-refractivity contribution in [1.82, 2.24) is 14.4 Å². The van der Waals surface area contributed by atoms with E-state index >= 15 is 0 Å². The van der Waals surface area contributed by atoms with Crippen molar-refractivity contribution in [1.29, 1.82) is 0 Å². The van der Waals surface area contributed by atoms with Crippen LogP contribution in [0.4, 0.5) is 5.69 Å². The summed E-state index contributed by atoms with van der Waals surface area (Å²) in [5.74, 6) is 1.02. The molecule has 0 aliphatic carbocycles. The topological polar surface area (TPSA) is 88.3 Å². The molecule has 7 nitrogen and oxygen atoms in total. The van der Waals surface area contributed by atoms with Crippen LogP contribution < -0.4 is 5.32 Å². The molecule has 0 spiro atoms. The summed E-state index contributed by atoms with van der Waals surface area (Å²) in [5, 5.41) is 6.83. The second-order valence-electron chi connectivity index (χ2n) is 5.16. The minimum atomic E-state index is -3.49. The largest absolute Gasteiger partial charge is 0.376 e. The van der Waals surface area contributed by atoms with Gasteiger partial charge in [-0.1, -0.05) is 25.1 Å². The molecule has 0 aliphatic heterocycles. The van der Waals surface area contributed by atoms with E-state index in [0.717, 1.165) is 5.56 Å². The van der Waals surface area contributed by atoms with E-state index in [0.29, 0.717) is 41.9 Å². The Bertz CT molecular complexity index is 767. The zero-order valence-corrected chi connectivity index (χ0v) is 14.6. The van der Waals surface area contributed by atoms with Crippen LogP contribution in [0.15, 0.2) is 27.6 Å². The Labute approximate surface area is 136 Å². The van der Waals surface area contributed by atoms with Gasteiger partial charge in [0.15, 0.2) is 5.82 Å². The first-order chi connectivity index (χ1) is 10.9. The third kappa shape index (κ3) is 3.89. The Morgan fingerprint density at radius 2 is 1.91 bits per heavy atom. The molecule has 0 radical (unpaired) electrons. The lowest BCUT2D eigenvalue weighted by molar-refractivity contribution is 0.379. The van der Waals surface area contributed by atoms with Gasteiger partial charge in [0.25, 0.3) is 0 Å². The van der Waals surface area contributed by atoms with Gasteiger partial charge in [-0.15, -0.1) is 0 Å². The Kier molecular flexibility index (Phi) is 5.38. The Hall–Kier alpha value is -1.93. The predicted octanol–water partition coefficient (Wildman–Crippen LogP) is 2.33. The molecule has 0 atom stereocenters. The number of nitrogens with zero attached hydrogens (tertiary/aromatic N) is 3. The highest BCUT2D eigenvalue weighted by Gasteiger charge is 2.23. The molecule has 0 saturated heterocycles. The van der Waals surface area contributed by atoms with Gasteiger partial charge in [-0.3, -0.25) is 0 Å². The average Bonchev–Trinajstić information content (AvgIpc) is 2.93. The van der Waals surface area contributed by atoms with Crippen molar-refractivity contribution in [3.63, 3.8) is 0 Å². The molecule has 0 fully saturated rings. The van der Waals surface area contributed by atoms with Crippen LogP contribution in [0.25, 0.3) is 0 Å². The molecular weight excluding hydrogens is 316 g/mol. The lowest BCUT2D eigenvalue weighted by atomic mass is 10.2. The van der Waals surface area contributed by atoms with Gasteiger partial charge < -0.3 is 9.84 Å². The number of aryl methyl sites for hydroxylation is 2. The first-order valence-corrected chi connectivity index (χ1v) is 8.96. The molecular formula is C15H22N4O3S. The SMILES string of the molecule is CCN(CC)S(=O)(=O)c1cc(NCc2nc(C)no2)ccc1C. The summed E-state index contributed by atoms with van der Waals surface area (Å²) in [6, 6.07) is 5.27. The Morgan fingerprint density at radius 3 is 2.48 bits per heavy atom. The standard InChI is InChI=1S/C15H22N4O3S/c1-5-19(6-2)23(20,21)14-9-13(8-7-11(14)3)16-10-15-17-12(4)18-22-15/h7-9,16H,5-6,10H2,1-4H3. The number of aromatic nitrogens is 2. The molecule has 2 rings (SSSR count). The maximum Gasteiger partial charge on any atom is 0.245 e. The Morgan fingerprint density at radius 1 is 1.22 bits per heavy atom. The highest BCUT2D eigenvalue weighted by Crippen LogP contribution is 2.23. The summed E-state index contributed by atoms with van der Waals surface area (Å²) in [4.78, 5) is 4.42. The number of hydrogen-bond acceptors (Lipinski definition) is 6. The molecule has 2 aromatic rings. The van der Waals surface area contributed by atoms with E-state index in [1.165, 1.54) is 4.31 Å². The lowest BCUT2D eigenvalue weighted by Crippen LogP contribution is -2.31. The fraction of sp³-hybridized carbons (Fsp3) is 0.467. The maximum atomic E-state index is 12.7. The van der Waals surface area contributed by atoms with Crippen LogP contribution in [0.2, 0.25) is 0 Å². The Balaban J connectivity index is 2.25. The van der Waals surface area contributed by atoms with Gasteiger partial charge >= 0.3 is 0 Å². The number of benzene rings is 1. The van der Waals surface area contributed by atoms with Crippen LogP contribution in [0.1, 0.15) is 31.1 Å². The number of hydrogen-bond donors (Lipinski definition) is 1. The molecule has 1 aromatic carbocycles. The van der Waals surface area contributed by atoms with Gasteiger partial charge in [-0.25, -0.2) is 8.42 Å². The predicted molar refractivity (Wildman–Crippen MR) is 87.6 cm³/mol. The quantitative estimate of drug-likeness (QED) is 0.833. The zero-order valence-electron chi connectivity index (χ0n) is 13.8. The molecule has 8 heteroatoms. The molecule has 0 aliphatic rings. The summed E-state index contributed by atoms with van der Waals surface area (Å²) < 4.78 is 31.9. The van der Waals surface area contributed by atoms with Crippen LogP contribution in [-0.2, 0) is 16.6 Å². The van der Waals surface area contributed by atoms with Crippen LogP contribution in [0.5, 0.6) is 0 Å². The van der Waals surface area contributed by atoms with Crippen molar-refractivity contribution in [3.05, 3.63) is 35.5 Å². The van der Waals surface area contributed by atoms with Gasteiger partial charge in [-0.05, 0) is 31.5 Å². The smallest absolute Gasteiger partial charge is 0.245 e. The normalized spacial score (nSPS) is 11.9. The van der Waals surface area contributed by atoms with E-state index in [2.05, 4.69) is 15.5 Å². The third-order valence-corrected chi connectivity index (χ3v) is 5.72. The van der Waals surface area contributed by atoms with Crippen LogP contribution >= 0.6 is 0 Å². The van der Waals surface area contributed by atoms with Crippen LogP contribution in [0.3, 0.4) is 0 Å². The molecule has 23 heavy (non-hydrogen) atoms. The minimum absolute atomic E-state index is 0.313. The monoisotopic (exact) mass is 338 g/mol. The van der Waals surface area contributed by atoms with Crippen molar-refractivity contribution in [2.75, 3.05) is 18.4 Å². The number of nitrogens with one attached hydrogen (secondary N) is 1. The molecule has 1 N–H and O–H groups in total. The van der Waals surface area contributed by atoms with E-state index in [1.807, 2.05) is 19.9 Å². The molecule has 126 valence electrons. The number of sulfonamides is 1. The van der Waals surface area contributed by atoms with Crippen molar-refractivity contribution >= 4 is 15.7 Å². The van der Waals surface area contributed by atoms with Crippen molar-refractivity contribution in [2.24, 2.45) is 0 Å². The number of anilines is 1. The fourth-order valence-electron chi connectivity index (χ4n) is 2.28. The lowest BCUT2D eigenvalue weighted by Gasteiger charge is -2.20. The van der Waals surface area contributed by atoms with E-state index < -0.39 is 10.0 Å². The van der Waals surface area contributed by atoms with E-state index in [4.69, 9.17) is 4.52 Å². The van der Waals surface area contributed by atoms with Gasteiger partial charge in [0, 0.05) is 18.8 Å². The highest BCUT2D eigenvalue weighted by atomic mass is 32.2. The van der Waals surface area contributed by atoms with E-state index in [9.17, 15) is 8.42 Å². The first kappa shape index (κ1) is 17.4. The van der Waals surface area contributed by atoms with Crippen LogP contribution in [0, 0.1) is 13.8 Å². The van der Waals surface area contributed by atoms with Gasteiger partial charge in [0.1, 0.15) is 0 Å². The molecule has 0 saturated carbocycles. The van der Waals surface area contributed by atoms with E-state index in [1.54, 1.807) is 26.0 Å². The third-order valence-electron chi connectivity index (χ3n) is 3.52. The summed E-state index contributed by atoms with van der Waals surface area (Å²) in [5.41, 5.74) is 1.41. The maximum absolute atomic E-state index is 12.7. The van der Waals surface area contributed by atoms with Crippen molar-refractivity contribution in [2.45, 2.75) is 39.1 Å². The first-order valence-electron chi connectivity index (χ1n) is 7.52. The summed E-state index contributed by atoms with van der Waals surface area (Å²) in [6.07, 6.45) is 0. The minimum Gasteiger partial charge on any atom is -0.376 e. The van der Waals surface area contributed by atoms with E-state index in [-0.39, 0.29) is 0 Å². The van der Waals surface area contributed by atoms with Crippen molar-refractivity contribution in [3.8, 4) is 0 Å². The average molecular weight is 338 g/mol. The second kappa shape index (κ2) is 7.10. The van der Waals surface area contributed by atoms with Gasteiger partial charge in [-0.2, -0.15) is 9.29 Å². The molecule has 1 aromatic heterocycles. The highest BCUT2D eigenvalue weighted by molar-refractivity contribution is 7.89. The summed E-state index contributed by atoms with van der Waals surface area (Å²) in [6.45, 7) is 8.42. The number of rotatable bonds is 7. The summed E-state index contributed by atoms with van der Waals surface area (Å²) in [7, 11) is -3.49. The summed E-state index contributed by atoms with van der Waals surface area (Å²) >= 11 is 0. The van der Waals surface area contributed by atoms with Crippen molar-refractivity contribution < 1.29 is 12.9 Å².